The number of nitrogens with one attached hydrogen (secondary N) is 1. The fourth-order valence-electron chi connectivity index (χ4n) is 2.41. The van der Waals surface area contributed by atoms with E-state index in [0.717, 1.165) is 24.5 Å². The predicted octanol–water partition coefficient (Wildman–Crippen LogP) is 4.86. The molecule has 24 heavy (non-hydrogen) atoms. The van der Waals surface area contributed by atoms with Crippen LogP contribution < -0.4 is 14.8 Å². The van der Waals surface area contributed by atoms with Crippen LogP contribution in [0.5, 0.6) is 11.5 Å². The number of rotatable bonds is 9. The molecule has 0 aliphatic rings. The van der Waals surface area contributed by atoms with Crippen LogP contribution in [-0.4, -0.2) is 12.6 Å². The molecule has 0 aliphatic carbocycles. The lowest BCUT2D eigenvalue weighted by Gasteiger charge is -2.16. The molecule has 0 heterocycles. The van der Waals surface area contributed by atoms with E-state index in [2.05, 4.69) is 50.4 Å². The van der Waals surface area contributed by atoms with E-state index in [1.54, 1.807) is 0 Å². The van der Waals surface area contributed by atoms with Crippen LogP contribution >= 0.6 is 0 Å². The van der Waals surface area contributed by atoms with Gasteiger partial charge in [0.25, 0.3) is 0 Å². The van der Waals surface area contributed by atoms with Gasteiger partial charge in [-0.2, -0.15) is 0 Å². The smallest absolute Gasteiger partial charge is 0.161 e. The van der Waals surface area contributed by atoms with E-state index in [1.807, 2.05) is 25.1 Å². The summed E-state index contributed by atoms with van der Waals surface area (Å²) < 4.78 is 11.8. The summed E-state index contributed by atoms with van der Waals surface area (Å²) in [5.74, 6) is 1.61. The second-order valence-corrected chi connectivity index (χ2v) is 6.12. The minimum Gasteiger partial charge on any atom is -0.490 e. The van der Waals surface area contributed by atoms with Crippen molar-refractivity contribution in [1.29, 1.82) is 0 Å². The molecule has 0 saturated carbocycles. The van der Waals surface area contributed by atoms with Crippen molar-refractivity contribution in [3.8, 4) is 11.5 Å². The SMILES string of the molecule is CCOc1cc(CNC(C)CC)ccc1OCc1ccccc1C. The highest BCUT2D eigenvalue weighted by Crippen LogP contribution is 2.29. The van der Waals surface area contributed by atoms with Crippen LogP contribution in [0.4, 0.5) is 0 Å². The maximum atomic E-state index is 6.01. The summed E-state index contributed by atoms with van der Waals surface area (Å²) in [6.07, 6.45) is 1.12. The molecule has 3 heteroatoms. The molecule has 0 radical (unpaired) electrons. The van der Waals surface area contributed by atoms with Crippen LogP contribution in [0.2, 0.25) is 0 Å². The third-order valence-corrected chi connectivity index (χ3v) is 4.22. The van der Waals surface area contributed by atoms with E-state index in [0.29, 0.717) is 19.3 Å². The van der Waals surface area contributed by atoms with Crippen LogP contribution in [0.1, 0.15) is 43.9 Å². The fraction of sp³-hybridized carbons (Fsp3) is 0.429. The molecule has 130 valence electrons. The maximum absolute atomic E-state index is 6.01. The minimum absolute atomic E-state index is 0.512. The van der Waals surface area contributed by atoms with Gasteiger partial charge in [0.05, 0.1) is 6.61 Å². The molecule has 0 amide bonds. The lowest BCUT2D eigenvalue weighted by Crippen LogP contribution is -2.24. The molecule has 0 bridgehead atoms. The summed E-state index contributed by atoms with van der Waals surface area (Å²) in [6, 6.07) is 15.0. The molecule has 0 fully saturated rings. The Labute approximate surface area is 146 Å². The fourth-order valence-corrected chi connectivity index (χ4v) is 2.41. The van der Waals surface area contributed by atoms with E-state index >= 15 is 0 Å². The first kappa shape index (κ1) is 18.3. The van der Waals surface area contributed by atoms with Crippen molar-refractivity contribution in [3.05, 3.63) is 59.2 Å². The van der Waals surface area contributed by atoms with Gasteiger partial charge in [-0.25, -0.2) is 0 Å². The number of ether oxygens (including phenoxy) is 2. The van der Waals surface area contributed by atoms with E-state index in [9.17, 15) is 0 Å². The Morgan fingerprint density at radius 1 is 1.00 bits per heavy atom. The molecule has 3 nitrogen and oxygen atoms in total. The maximum Gasteiger partial charge on any atom is 0.161 e. The van der Waals surface area contributed by atoms with E-state index in [4.69, 9.17) is 9.47 Å². The largest absolute Gasteiger partial charge is 0.490 e. The van der Waals surface area contributed by atoms with Gasteiger partial charge in [0.1, 0.15) is 6.61 Å². The summed E-state index contributed by atoms with van der Waals surface area (Å²) in [5, 5.41) is 3.51. The summed E-state index contributed by atoms with van der Waals surface area (Å²) in [6.45, 7) is 10.5. The third kappa shape index (κ3) is 5.27. The molecule has 2 aromatic rings. The van der Waals surface area contributed by atoms with Crippen molar-refractivity contribution in [1.82, 2.24) is 5.32 Å². The van der Waals surface area contributed by atoms with Gasteiger partial charge in [-0.15, -0.1) is 0 Å². The van der Waals surface area contributed by atoms with Gasteiger partial charge >= 0.3 is 0 Å². The first-order valence-electron chi connectivity index (χ1n) is 8.80. The summed E-state index contributed by atoms with van der Waals surface area (Å²) in [5.41, 5.74) is 3.65. The summed E-state index contributed by atoms with van der Waals surface area (Å²) >= 11 is 0. The first-order valence-corrected chi connectivity index (χ1v) is 8.80. The van der Waals surface area contributed by atoms with Crippen LogP contribution in [0, 0.1) is 6.92 Å². The molecule has 0 spiro atoms. The molecule has 1 N–H and O–H groups in total. The lowest BCUT2D eigenvalue weighted by molar-refractivity contribution is 0.268. The Kier molecular flexibility index (Phi) is 7.13. The predicted molar refractivity (Wildman–Crippen MR) is 99.7 cm³/mol. The van der Waals surface area contributed by atoms with Crippen molar-refractivity contribution in [2.45, 2.75) is 53.3 Å². The van der Waals surface area contributed by atoms with Crippen molar-refractivity contribution < 1.29 is 9.47 Å². The number of hydrogen-bond acceptors (Lipinski definition) is 3. The first-order chi connectivity index (χ1) is 11.6. The van der Waals surface area contributed by atoms with Gasteiger partial charge in [-0.1, -0.05) is 37.3 Å². The Morgan fingerprint density at radius 3 is 2.50 bits per heavy atom. The lowest BCUT2D eigenvalue weighted by atomic mass is 10.1. The van der Waals surface area contributed by atoms with E-state index in [-0.39, 0.29) is 0 Å². The second kappa shape index (κ2) is 9.33. The van der Waals surface area contributed by atoms with Gasteiger partial charge in [-0.3, -0.25) is 0 Å². The van der Waals surface area contributed by atoms with Crippen LogP contribution in [0.25, 0.3) is 0 Å². The van der Waals surface area contributed by atoms with Crippen LogP contribution in [-0.2, 0) is 13.2 Å². The number of hydrogen-bond donors (Lipinski definition) is 1. The summed E-state index contributed by atoms with van der Waals surface area (Å²) in [4.78, 5) is 0. The Balaban J connectivity index is 2.07. The average molecular weight is 327 g/mol. The number of benzene rings is 2. The topological polar surface area (TPSA) is 30.5 Å². The Morgan fingerprint density at radius 2 is 1.79 bits per heavy atom. The third-order valence-electron chi connectivity index (χ3n) is 4.22. The zero-order chi connectivity index (χ0) is 17.4. The zero-order valence-corrected chi connectivity index (χ0v) is 15.3. The molecular weight excluding hydrogens is 298 g/mol. The highest BCUT2D eigenvalue weighted by molar-refractivity contribution is 5.43. The van der Waals surface area contributed by atoms with Crippen molar-refractivity contribution in [2.75, 3.05) is 6.61 Å². The monoisotopic (exact) mass is 327 g/mol. The van der Waals surface area contributed by atoms with Crippen molar-refractivity contribution in [2.24, 2.45) is 0 Å². The van der Waals surface area contributed by atoms with Crippen LogP contribution in [0.15, 0.2) is 42.5 Å². The molecule has 1 atom stereocenters. The van der Waals surface area contributed by atoms with Gasteiger partial charge in [0.15, 0.2) is 11.5 Å². The van der Waals surface area contributed by atoms with Gasteiger partial charge in [0, 0.05) is 12.6 Å². The van der Waals surface area contributed by atoms with E-state index in [1.165, 1.54) is 16.7 Å². The highest BCUT2D eigenvalue weighted by atomic mass is 16.5. The molecule has 2 aromatic carbocycles. The molecule has 0 saturated heterocycles. The van der Waals surface area contributed by atoms with E-state index < -0.39 is 0 Å². The zero-order valence-electron chi connectivity index (χ0n) is 15.3. The standard InChI is InChI=1S/C21H29NO2/c1-5-17(4)22-14-18-11-12-20(21(13-18)23-6-2)24-15-19-10-8-7-9-16(19)3/h7-13,17,22H,5-6,14-15H2,1-4H3. The van der Waals surface area contributed by atoms with Crippen LogP contribution in [0.3, 0.4) is 0 Å². The average Bonchev–Trinajstić information content (AvgIpc) is 2.60. The highest BCUT2D eigenvalue weighted by Gasteiger charge is 2.08. The minimum atomic E-state index is 0.512. The van der Waals surface area contributed by atoms with Gasteiger partial charge in [-0.05, 0) is 56.0 Å². The second-order valence-electron chi connectivity index (χ2n) is 6.12. The Bertz CT molecular complexity index is 639. The van der Waals surface area contributed by atoms with Crippen molar-refractivity contribution in [3.63, 3.8) is 0 Å². The molecule has 0 aliphatic heterocycles. The molecule has 1 unspecified atom stereocenters. The molecule has 0 aromatic heterocycles. The van der Waals surface area contributed by atoms with Gasteiger partial charge < -0.3 is 14.8 Å². The van der Waals surface area contributed by atoms with Gasteiger partial charge in [0.2, 0.25) is 0 Å². The molecular formula is C21H29NO2. The quantitative estimate of drug-likeness (QED) is 0.713. The van der Waals surface area contributed by atoms with Crippen molar-refractivity contribution >= 4 is 0 Å². The molecule has 2 rings (SSSR count). The number of aryl methyl sites for hydroxylation is 1. The summed E-state index contributed by atoms with van der Waals surface area (Å²) in [7, 11) is 0. The normalized spacial score (nSPS) is 12.0. The Hall–Kier alpha value is -2.00.